The Morgan fingerprint density at radius 2 is 1.94 bits per heavy atom. The van der Waals surface area contributed by atoms with Gasteiger partial charge in [0.2, 0.25) is 0 Å². The van der Waals surface area contributed by atoms with E-state index in [1.165, 1.54) is 12.3 Å². The van der Waals surface area contributed by atoms with Gasteiger partial charge in [-0.2, -0.15) is 0 Å². The molecule has 0 heterocycles. The normalized spacial score (nSPS) is 14.4. The summed E-state index contributed by atoms with van der Waals surface area (Å²) in [6.07, 6.45) is 3.64. The van der Waals surface area contributed by atoms with Gasteiger partial charge in [0.1, 0.15) is 5.84 Å². The van der Waals surface area contributed by atoms with Crippen LogP contribution in [0.2, 0.25) is 0 Å². The lowest BCUT2D eigenvalue weighted by molar-refractivity contribution is -0.114. The summed E-state index contributed by atoms with van der Waals surface area (Å²) in [5.41, 5.74) is 13.0. The van der Waals surface area contributed by atoms with Gasteiger partial charge in [-0.25, -0.2) is 4.99 Å². The molecule has 0 aliphatic carbocycles. The molecule has 0 spiro atoms. The molecule has 0 aromatic heterocycles. The second kappa shape index (κ2) is 6.61. The van der Waals surface area contributed by atoms with Crippen LogP contribution in [-0.2, 0) is 4.79 Å². The molecule has 0 aliphatic rings. The highest BCUT2D eigenvalue weighted by Gasteiger charge is 2.08. The molecule has 0 aromatic rings. The Morgan fingerprint density at radius 1 is 1.38 bits per heavy atom. The van der Waals surface area contributed by atoms with Crippen molar-refractivity contribution in [1.29, 1.82) is 0 Å². The standard InChI is InChI=1S/C12H19N3O/c1-5-8(3)9(4)10(12(14)16)7-15-11(13)6-2/h6-7H,2,5H2,1,3-4H3,(H2,13,15)(H2,14,16)/b9-8-,10-7+. The van der Waals surface area contributed by atoms with Gasteiger partial charge in [-0.1, -0.05) is 19.1 Å². The molecular formula is C12H19N3O. The van der Waals surface area contributed by atoms with Crippen LogP contribution in [0.25, 0.3) is 0 Å². The van der Waals surface area contributed by atoms with E-state index >= 15 is 0 Å². The van der Waals surface area contributed by atoms with Crippen molar-refractivity contribution < 1.29 is 4.79 Å². The quantitative estimate of drug-likeness (QED) is 0.320. The Morgan fingerprint density at radius 3 is 2.31 bits per heavy atom. The van der Waals surface area contributed by atoms with Crippen LogP contribution in [0.15, 0.2) is 40.6 Å². The van der Waals surface area contributed by atoms with E-state index in [9.17, 15) is 4.79 Å². The second-order valence-corrected chi connectivity index (χ2v) is 3.42. The van der Waals surface area contributed by atoms with E-state index in [0.29, 0.717) is 5.57 Å². The molecule has 0 rings (SSSR count). The Balaban J connectivity index is 5.35. The molecule has 0 unspecified atom stereocenters. The molecule has 0 aromatic carbocycles. The SMILES string of the molecule is C=CC(N)=N/C=C(C(N)=O)\C(C)=C(\C)CC. The molecule has 16 heavy (non-hydrogen) atoms. The number of nitrogens with zero attached hydrogens (tertiary/aromatic N) is 1. The maximum Gasteiger partial charge on any atom is 0.250 e. The first kappa shape index (κ1) is 14.2. The van der Waals surface area contributed by atoms with Crippen molar-refractivity contribution >= 4 is 11.7 Å². The molecule has 0 saturated heterocycles. The van der Waals surface area contributed by atoms with Gasteiger partial charge in [-0.05, 0) is 31.9 Å². The van der Waals surface area contributed by atoms with Crippen LogP contribution in [0.1, 0.15) is 27.2 Å². The van der Waals surface area contributed by atoms with E-state index in [4.69, 9.17) is 11.5 Å². The number of carbonyl (C=O) groups is 1. The van der Waals surface area contributed by atoms with Crippen molar-refractivity contribution in [3.63, 3.8) is 0 Å². The molecule has 0 saturated carbocycles. The second-order valence-electron chi connectivity index (χ2n) is 3.42. The zero-order valence-electron chi connectivity index (χ0n) is 10.1. The highest BCUT2D eigenvalue weighted by Crippen LogP contribution is 2.16. The maximum atomic E-state index is 11.2. The van der Waals surface area contributed by atoms with Gasteiger partial charge in [-0.15, -0.1) is 0 Å². The minimum Gasteiger partial charge on any atom is -0.384 e. The van der Waals surface area contributed by atoms with Gasteiger partial charge in [0.05, 0.1) is 5.57 Å². The maximum absolute atomic E-state index is 11.2. The first-order valence-corrected chi connectivity index (χ1v) is 5.06. The predicted octanol–water partition coefficient (Wildman–Crippen LogP) is 1.65. The van der Waals surface area contributed by atoms with E-state index in [-0.39, 0.29) is 5.84 Å². The van der Waals surface area contributed by atoms with Crippen molar-refractivity contribution in [1.82, 2.24) is 0 Å². The Kier molecular flexibility index (Phi) is 5.85. The number of amidine groups is 1. The van der Waals surface area contributed by atoms with Crippen LogP contribution in [0.5, 0.6) is 0 Å². The van der Waals surface area contributed by atoms with Crippen LogP contribution in [0.3, 0.4) is 0 Å². The lowest BCUT2D eigenvalue weighted by atomic mass is 10.0. The third kappa shape index (κ3) is 4.13. The molecule has 0 bridgehead atoms. The monoisotopic (exact) mass is 221 g/mol. The lowest BCUT2D eigenvalue weighted by Crippen LogP contribution is -2.16. The van der Waals surface area contributed by atoms with Crippen LogP contribution < -0.4 is 11.5 Å². The number of nitrogens with two attached hydrogens (primary N) is 2. The number of hydrogen-bond donors (Lipinski definition) is 2. The number of allylic oxidation sites excluding steroid dienone is 1. The summed E-state index contributed by atoms with van der Waals surface area (Å²) < 4.78 is 0. The number of amides is 1. The summed E-state index contributed by atoms with van der Waals surface area (Å²) in [7, 11) is 0. The highest BCUT2D eigenvalue weighted by molar-refractivity contribution is 5.97. The number of rotatable bonds is 5. The van der Waals surface area contributed by atoms with E-state index < -0.39 is 5.91 Å². The summed E-state index contributed by atoms with van der Waals surface area (Å²) in [6.45, 7) is 9.27. The summed E-state index contributed by atoms with van der Waals surface area (Å²) in [4.78, 5) is 15.1. The predicted molar refractivity (Wildman–Crippen MR) is 67.8 cm³/mol. The Hall–Kier alpha value is -1.84. The summed E-state index contributed by atoms with van der Waals surface area (Å²) in [6, 6.07) is 0. The summed E-state index contributed by atoms with van der Waals surface area (Å²) in [5.74, 6) is -0.258. The van der Waals surface area contributed by atoms with Crippen molar-refractivity contribution in [2.24, 2.45) is 16.5 Å². The van der Waals surface area contributed by atoms with E-state index in [1.54, 1.807) is 0 Å². The van der Waals surface area contributed by atoms with Crippen molar-refractivity contribution in [3.05, 3.63) is 35.6 Å². The zero-order valence-corrected chi connectivity index (χ0v) is 10.1. The average molecular weight is 221 g/mol. The zero-order chi connectivity index (χ0) is 12.7. The molecule has 0 radical (unpaired) electrons. The van der Waals surface area contributed by atoms with E-state index in [2.05, 4.69) is 11.6 Å². The van der Waals surface area contributed by atoms with Gasteiger partial charge >= 0.3 is 0 Å². The largest absolute Gasteiger partial charge is 0.384 e. The van der Waals surface area contributed by atoms with Crippen molar-refractivity contribution in [2.45, 2.75) is 27.2 Å². The van der Waals surface area contributed by atoms with Crippen LogP contribution in [0.4, 0.5) is 0 Å². The fourth-order valence-corrected chi connectivity index (χ4v) is 1.03. The van der Waals surface area contributed by atoms with Crippen molar-refractivity contribution in [3.8, 4) is 0 Å². The van der Waals surface area contributed by atoms with Crippen LogP contribution in [0, 0.1) is 0 Å². The molecule has 0 aliphatic heterocycles. The first-order chi connectivity index (χ1) is 7.43. The van der Waals surface area contributed by atoms with Crippen molar-refractivity contribution in [2.75, 3.05) is 0 Å². The van der Waals surface area contributed by atoms with Gasteiger partial charge in [0.25, 0.3) is 5.91 Å². The molecule has 1 amide bonds. The smallest absolute Gasteiger partial charge is 0.250 e. The number of aliphatic imine (C=N–C) groups is 1. The topological polar surface area (TPSA) is 81.5 Å². The van der Waals surface area contributed by atoms with E-state index in [0.717, 1.165) is 17.6 Å². The average Bonchev–Trinajstić information content (AvgIpc) is 2.26. The van der Waals surface area contributed by atoms with Gasteiger partial charge in [-0.3, -0.25) is 4.79 Å². The van der Waals surface area contributed by atoms with Gasteiger partial charge < -0.3 is 11.5 Å². The van der Waals surface area contributed by atoms with E-state index in [1.807, 2.05) is 20.8 Å². The van der Waals surface area contributed by atoms with Gasteiger partial charge in [0, 0.05) is 6.20 Å². The van der Waals surface area contributed by atoms with Gasteiger partial charge in [0.15, 0.2) is 0 Å². The van der Waals surface area contributed by atoms with Crippen LogP contribution >= 0.6 is 0 Å². The molecule has 0 fully saturated rings. The molecule has 4 heteroatoms. The molecular weight excluding hydrogens is 202 g/mol. The number of hydrogen-bond acceptors (Lipinski definition) is 2. The fraction of sp³-hybridized carbons (Fsp3) is 0.333. The Bertz CT molecular complexity index is 376. The third-order valence-electron chi connectivity index (χ3n) is 2.39. The lowest BCUT2D eigenvalue weighted by Gasteiger charge is -2.06. The highest BCUT2D eigenvalue weighted by atomic mass is 16.1. The minimum atomic E-state index is -0.508. The molecule has 0 atom stereocenters. The minimum absolute atomic E-state index is 0.251. The molecule has 4 N–H and O–H groups in total. The summed E-state index contributed by atoms with van der Waals surface area (Å²) >= 11 is 0. The molecule has 4 nitrogen and oxygen atoms in total. The van der Waals surface area contributed by atoms with Crippen LogP contribution in [-0.4, -0.2) is 11.7 Å². The number of carbonyl (C=O) groups excluding carboxylic acids is 1. The third-order valence-corrected chi connectivity index (χ3v) is 2.39. The summed E-state index contributed by atoms with van der Waals surface area (Å²) in [5, 5.41) is 0. The molecule has 88 valence electrons. The Labute approximate surface area is 96.4 Å². The first-order valence-electron chi connectivity index (χ1n) is 5.06. The fourth-order valence-electron chi connectivity index (χ4n) is 1.03. The number of primary amides is 1.